The zero-order chi connectivity index (χ0) is 9.10. The van der Waals surface area contributed by atoms with Crippen LogP contribution in [-0.4, -0.2) is 6.54 Å². The van der Waals surface area contributed by atoms with Crippen molar-refractivity contribution < 1.29 is 4.74 Å². The van der Waals surface area contributed by atoms with E-state index in [1.807, 2.05) is 18.2 Å². The summed E-state index contributed by atoms with van der Waals surface area (Å²) in [6.45, 7) is 6.09. The third kappa shape index (κ3) is 1.68. The van der Waals surface area contributed by atoms with Gasteiger partial charge < -0.3 is 10.1 Å². The molecule has 0 fully saturated rings. The average molecular weight is 175 g/mol. The third-order valence-electron chi connectivity index (χ3n) is 2.12. The van der Waals surface area contributed by atoms with E-state index >= 15 is 0 Å². The summed E-state index contributed by atoms with van der Waals surface area (Å²) in [7, 11) is 0. The van der Waals surface area contributed by atoms with Crippen LogP contribution in [0, 0.1) is 6.61 Å². The van der Waals surface area contributed by atoms with Crippen LogP contribution in [0.1, 0.15) is 24.9 Å². The second-order valence-corrected chi connectivity index (χ2v) is 3.14. The second-order valence-electron chi connectivity index (χ2n) is 3.14. The van der Waals surface area contributed by atoms with Crippen LogP contribution in [0.2, 0.25) is 0 Å². The first-order valence-electron chi connectivity index (χ1n) is 4.66. The number of fused-ring (bicyclic) bond motifs is 1. The molecule has 0 saturated heterocycles. The van der Waals surface area contributed by atoms with Gasteiger partial charge in [-0.25, -0.2) is 0 Å². The lowest BCUT2D eigenvalue weighted by molar-refractivity contribution is 0.394. The molecule has 1 atom stereocenters. The Morgan fingerprint density at radius 1 is 1.46 bits per heavy atom. The quantitative estimate of drug-likeness (QED) is 0.760. The van der Waals surface area contributed by atoms with Crippen LogP contribution >= 0.6 is 0 Å². The first-order valence-corrected chi connectivity index (χ1v) is 4.66. The second kappa shape index (κ2) is 3.79. The fraction of sp³-hybridized carbons (Fsp3) is 0.364. The Bertz CT molecular complexity index is 285. The van der Waals surface area contributed by atoms with Crippen molar-refractivity contribution in [1.82, 2.24) is 5.32 Å². The molecule has 0 aliphatic carbocycles. The van der Waals surface area contributed by atoms with Crippen molar-refractivity contribution >= 4 is 0 Å². The lowest BCUT2D eigenvalue weighted by atomic mass is 10.1. The zero-order valence-corrected chi connectivity index (χ0v) is 7.71. The van der Waals surface area contributed by atoms with E-state index in [2.05, 4.69) is 24.9 Å². The number of rotatable bonds is 3. The van der Waals surface area contributed by atoms with Crippen molar-refractivity contribution in [2.75, 3.05) is 6.54 Å². The molecule has 1 aromatic carbocycles. The van der Waals surface area contributed by atoms with Gasteiger partial charge in [0.15, 0.2) is 0 Å². The highest BCUT2D eigenvalue weighted by Crippen LogP contribution is 2.33. The van der Waals surface area contributed by atoms with Crippen molar-refractivity contribution in [2.24, 2.45) is 0 Å². The van der Waals surface area contributed by atoms with Gasteiger partial charge in [0, 0.05) is 5.56 Å². The van der Waals surface area contributed by atoms with E-state index < -0.39 is 0 Å². The fourth-order valence-corrected chi connectivity index (χ4v) is 1.44. The maximum atomic E-state index is 5.30. The van der Waals surface area contributed by atoms with Crippen LogP contribution < -0.4 is 10.1 Å². The summed E-state index contributed by atoms with van der Waals surface area (Å²) in [6.07, 6.45) is 1.13. The van der Waals surface area contributed by atoms with Crippen LogP contribution in [0.25, 0.3) is 0 Å². The van der Waals surface area contributed by atoms with E-state index in [1.165, 1.54) is 5.56 Å². The predicted molar refractivity (Wildman–Crippen MR) is 51.3 cm³/mol. The average Bonchev–Trinajstić information content (AvgIpc) is 2.58. The minimum atomic E-state index is 0.149. The van der Waals surface area contributed by atoms with E-state index in [4.69, 9.17) is 4.74 Å². The first-order chi connectivity index (χ1) is 6.42. The van der Waals surface area contributed by atoms with E-state index in [1.54, 1.807) is 0 Å². The molecule has 0 bridgehead atoms. The zero-order valence-electron chi connectivity index (χ0n) is 7.71. The molecule has 2 nitrogen and oxygen atoms in total. The number of hydrogen-bond donors (Lipinski definition) is 1. The van der Waals surface area contributed by atoms with E-state index in [9.17, 15) is 0 Å². The smallest absolute Gasteiger partial charge is 0.219 e. The highest BCUT2D eigenvalue weighted by Gasteiger charge is 2.24. The maximum Gasteiger partial charge on any atom is 0.219 e. The predicted octanol–water partition coefficient (Wildman–Crippen LogP) is 2.16. The first kappa shape index (κ1) is 8.57. The van der Waals surface area contributed by atoms with Crippen LogP contribution in [-0.2, 0) is 0 Å². The van der Waals surface area contributed by atoms with Gasteiger partial charge in [-0.2, -0.15) is 0 Å². The summed E-state index contributed by atoms with van der Waals surface area (Å²) in [5, 5.41) is 3.35. The minimum absolute atomic E-state index is 0.149. The van der Waals surface area contributed by atoms with Crippen molar-refractivity contribution in [1.29, 1.82) is 0 Å². The molecular formula is C11H13NO. The van der Waals surface area contributed by atoms with Crippen molar-refractivity contribution in [2.45, 2.75) is 19.4 Å². The Morgan fingerprint density at radius 3 is 3.15 bits per heavy atom. The number of ether oxygens (including phenoxy) is 1. The van der Waals surface area contributed by atoms with Crippen molar-refractivity contribution in [3.05, 3.63) is 36.4 Å². The molecule has 1 aliphatic heterocycles. The Hall–Kier alpha value is -1.02. The molecule has 13 heavy (non-hydrogen) atoms. The van der Waals surface area contributed by atoms with Gasteiger partial charge in [0.2, 0.25) is 6.61 Å². The monoisotopic (exact) mass is 175 g/mol. The van der Waals surface area contributed by atoms with Crippen LogP contribution in [0.15, 0.2) is 24.3 Å². The molecule has 0 saturated carbocycles. The molecule has 1 N–H and O–H groups in total. The SMILES string of the molecule is CCCNC1[C]Oc2ccccc21. The molecule has 2 radical (unpaired) electrons. The van der Waals surface area contributed by atoms with E-state index in [0.29, 0.717) is 0 Å². The third-order valence-corrected chi connectivity index (χ3v) is 2.12. The van der Waals surface area contributed by atoms with E-state index in [-0.39, 0.29) is 6.04 Å². The van der Waals surface area contributed by atoms with Crippen LogP contribution in [0.4, 0.5) is 0 Å². The van der Waals surface area contributed by atoms with Gasteiger partial charge >= 0.3 is 0 Å². The Morgan fingerprint density at radius 2 is 2.31 bits per heavy atom. The maximum absolute atomic E-state index is 5.30. The van der Waals surface area contributed by atoms with Gasteiger partial charge in [-0.15, -0.1) is 0 Å². The molecule has 2 heteroatoms. The Balaban J connectivity index is 2.09. The standard InChI is InChI=1S/C11H13NO/c1-2-7-12-10-8-13-11-6-4-3-5-9(10)11/h3-6,10,12H,2,7H2,1H3. The largest absolute Gasteiger partial charge is 0.476 e. The molecule has 1 heterocycles. The number of hydrogen-bond acceptors (Lipinski definition) is 2. The summed E-state index contributed by atoms with van der Waals surface area (Å²) in [4.78, 5) is 0. The van der Waals surface area contributed by atoms with Gasteiger partial charge in [0.1, 0.15) is 5.75 Å². The summed E-state index contributed by atoms with van der Waals surface area (Å²) in [5.74, 6) is 0.927. The number of para-hydroxylation sites is 1. The normalized spacial score (nSPS) is 19.6. The molecular weight excluding hydrogens is 162 g/mol. The number of nitrogens with one attached hydrogen (secondary N) is 1. The summed E-state index contributed by atoms with van der Waals surface area (Å²) >= 11 is 0. The van der Waals surface area contributed by atoms with Gasteiger partial charge in [-0.05, 0) is 19.0 Å². The topological polar surface area (TPSA) is 21.3 Å². The van der Waals surface area contributed by atoms with Gasteiger partial charge in [-0.1, -0.05) is 25.1 Å². The van der Waals surface area contributed by atoms with Crippen molar-refractivity contribution in [3.8, 4) is 5.75 Å². The Labute approximate surface area is 78.9 Å². The molecule has 1 aliphatic rings. The molecule has 2 rings (SSSR count). The Kier molecular flexibility index (Phi) is 2.50. The van der Waals surface area contributed by atoms with Gasteiger partial charge in [0.05, 0.1) is 6.04 Å². The van der Waals surface area contributed by atoms with E-state index in [0.717, 1.165) is 18.7 Å². The molecule has 1 unspecified atom stereocenters. The highest BCUT2D eigenvalue weighted by molar-refractivity contribution is 5.40. The van der Waals surface area contributed by atoms with Gasteiger partial charge in [0.25, 0.3) is 0 Å². The minimum Gasteiger partial charge on any atom is -0.476 e. The summed E-state index contributed by atoms with van der Waals surface area (Å²) in [6, 6.07) is 8.19. The molecule has 68 valence electrons. The number of benzene rings is 1. The fourth-order valence-electron chi connectivity index (χ4n) is 1.44. The van der Waals surface area contributed by atoms with Crippen LogP contribution in [0.3, 0.4) is 0 Å². The lowest BCUT2D eigenvalue weighted by Gasteiger charge is -2.08. The lowest BCUT2D eigenvalue weighted by Crippen LogP contribution is -2.20. The van der Waals surface area contributed by atoms with Gasteiger partial charge in [-0.3, -0.25) is 0 Å². The molecule has 0 aromatic heterocycles. The molecule has 0 amide bonds. The molecule has 1 aromatic rings. The molecule has 0 spiro atoms. The highest BCUT2D eigenvalue weighted by atomic mass is 16.5. The summed E-state index contributed by atoms with van der Waals surface area (Å²) < 4.78 is 5.30. The summed E-state index contributed by atoms with van der Waals surface area (Å²) in [5.41, 5.74) is 1.19. The van der Waals surface area contributed by atoms with Crippen molar-refractivity contribution in [3.63, 3.8) is 0 Å². The van der Waals surface area contributed by atoms with Crippen LogP contribution in [0.5, 0.6) is 5.75 Å².